The van der Waals surface area contributed by atoms with E-state index in [-0.39, 0.29) is 17.6 Å². The highest BCUT2D eigenvalue weighted by atomic mass is 35.5. The Morgan fingerprint density at radius 3 is 2.38 bits per heavy atom. The van der Waals surface area contributed by atoms with Crippen LogP contribution in [0.15, 0.2) is 29.8 Å². The number of phenols is 1. The molecule has 1 saturated carbocycles. The Kier molecular flexibility index (Phi) is 6.00. The van der Waals surface area contributed by atoms with E-state index in [0.29, 0.717) is 9.80 Å². The van der Waals surface area contributed by atoms with Gasteiger partial charge in [0, 0.05) is 18.5 Å². The van der Waals surface area contributed by atoms with E-state index in [0.717, 1.165) is 32.4 Å². The number of amides is 5. The van der Waals surface area contributed by atoms with Crippen LogP contribution in [0.25, 0.3) is 0 Å². The van der Waals surface area contributed by atoms with Crippen LogP contribution < -0.4 is 4.74 Å². The lowest BCUT2D eigenvalue weighted by Gasteiger charge is -2.50. The number of ether oxygens (including phenoxy) is 2. The van der Waals surface area contributed by atoms with Gasteiger partial charge in [0.05, 0.1) is 18.9 Å². The number of carbonyl (C=O) groups excluding carboxylic acids is 5. The van der Waals surface area contributed by atoms with Crippen molar-refractivity contribution in [1.29, 1.82) is 0 Å². The Balaban J connectivity index is 1.72. The third-order valence-corrected chi connectivity index (χ3v) is 9.33. The number of fused-ring (bicyclic) bond motifs is 4. The van der Waals surface area contributed by atoms with Gasteiger partial charge in [0.25, 0.3) is 11.8 Å². The number of methoxy groups -OCH3 is 1. The van der Waals surface area contributed by atoms with Gasteiger partial charge in [-0.05, 0) is 37.0 Å². The molecule has 4 aliphatic rings. The minimum atomic E-state index is -5.09. The normalized spacial score (nSPS) is 34.0. The summed E-state index contributed by atoms with van der Waals surface area (Å²) < 4.78 is 47.5. The van der Waals surface area contributed by atoms with Crippen molar-refractivity contribution in [2.45, 2.75) is 34.9 Å². The maximum Gasteiger partial charge on any atom is 0.573 e. The van der Waals surface area contributed by atoms with E-state index < -0.39 is 87.4 Å². The van der Waals surface area contributed by atoms with Crippen molar-refractivity contribution >= 4 is 52.9 Å². The number of halogens is 5. The average Bonchev–Trinajstić information content (AvgIpc) is 3.19. The van der Waals surface area contributed by atoms with Crippen molar-refractivity contribution in [2.24, 2.45) is 17.8 Å². The average molecular weight is 591 g/mol. The standard InChI is InChI=1S/C24H19Cl2F3N2O8/c1-30-19(35)22(25)8-13-10(4-5-11-15(13)18(34)31(17(11)33)21(37)38-2)16(23(22,26)20(30)36)12-7-9(3-6-14(12)32)39-24(27,28)29/h3-4,6-7,11,13,15-16,32H,5,8H2,1-2H3. The smallest absolute Gasteiger partial charge is 0.508 e. The number of likely N-dealkylation sites (tertiary alicyclic amines) is 2. The van der Waals surface area contributed by atoms with E-state index in [2.05, 4.69) is 9.47 Å². The lowest BCUT2D eigenvalue weighted by atomic mass is 9.56. The fraction of sp³-hybridized carbons (Fsp3) is 0.458. The van der Waals surface area contributed by atoms with Crippen molar-refractivity contribution in [3.05, 3.63) is 35.4 Å². The quantitative estimate of drug-likeness (QED) is 0.316. The van der Waals surface area contributed by atoms with Crippen molar-refractivity contribution in [3.8, 4) is 11.5 Å². The SMILES string of the molecule is COC(=O)N1C(=O)C2CC=C3C(CC4(Cl)C(=O)N(C)C(=O)C4(Cl)C3c3cc(OC(F)(F)F)ccc3O)C2C1=O. The number of allylic oxidation sites excluding steroid dienone is 2. The van der Waals surface area contributed by atoms with Crippen LogP contribution in [0.3, 0.4) is 0 Å². The fourth-order valence-electron chi connectivity index (χ4n) is 6.32. The molecule has 0 bridgehead atoms. The van der Waals surface area contributed by atoms with E-state index in [1.54, 1.807) is 0 Å². The lowest BCUT2D eigenvalue weighted by molar-refractivity contribution is -0.274. The Morgan fingerprint density at radius 1 is 1.10 bits per heavy atom. The molecule has 2 heterocycles. The highest BCUT2D eigenvalue weighted by molar-refractivity contribution is 6.53. The molecule has 208 valence electrons. The van der Waals surface area contributed by atoms with Gasteiger partial charge in [-0.25, -0.2) is 4.79 Å². The predicted octanol–water partition coefficient (Wildman–Crippen LogP) is 3.05. The summed E-state index contributed by atoms with van der Waals surface area (Å²) in [5, 5.41) is 10.8. The van der Waals surface area contributed by atoms with Gasteiger partial charge in [-0.2, -0.15) is 4.90 Å². The van der Waals surface area contributed by atoms with Crippen LogP contribution in [-0.4, -0.2) is 74.9 Å². The fourth-order valence-corrected chi connectivity index (χ4v) is 7.33. The monoisotopic (exact) mass is 590 g/mol. The second kappa shape index (κ2) is 8.59. The van der Waals surface area contributed by atoms with Crippen LogP contribution in [0.2, 0.25) is 0 Å². The first-order valence-electron chi connectivity index (χ1n) is 11.5. The molecule has 5 amide bonds. The molecule has 0 radical (unpaired) electrons. The minimum Gasteiger partial charge on any atom is -0.508 e. The highest BCUT2D eigenvalue weighted by Crippen LogP contribution is 2.66. The highest BCUT2D eigenvalue weighted by Gasteiger charge is 2.76. The molecule has 1 aromatic carbocycles. The molecule has 10 nitrogen and oxygen atoms in total. The van der Waals surface area contributed by atoms with Crippen molar-refractivity contribution in [2.75, 3.05) is 14.2 Å². The first kappa shape index (κ1) is 27.3. The molecule has 0 aromatic heterocycles. The number of nitrogens with zero attached hydrogens (tertiary/aromatic N) is 2. The molecule has 3 fully saturated rings. The maximum absolute atomic E-state index is 13.5. The zero-order valence-corrected chi connectivity index (χ0v) is 21.6. The van der Waals surface area contributed by atoms with Gasteiger partial charge in [0.2, 0.25) is 11.8 Å². The summed E-state index contributed by atoms with van der Waals surface area (Å²) in [6.07, 6.45) is -5.34. The van der Waals surface area contributed by atoms with Crippen LogP contribution in [0, 0.1) is 17.8 Å². The van der Waals surface area contributed by atoms with Crippen LogP contribution in [-0.2, 0) is 23.9 Å². The Bertz CT molecular complexity index is 1380. The molecule has 39 heavy (non-hydrogen) atoms. The molecule has 6 atom stereocenters. The first-order chi connectivity index (χ1) is 18.1. The van der Waals surface area contributed by atoms with E-state index in [4.69, 9.17) is 23.2 Å². The molecule has 2 aliphatic carbocycles. The summed E-state index contributed by atoms with van der Waals surface area (Å²) in [7, 11) is 2.11. The summed E-state index contributed by atoms with van der Waals surface area (Å²) in [5.41, 5.74) is -0.115. The number of hydrogen-bond donors (Lipinski definition) is 1. The summed E-state index contributed by atoms with van der Waals surface area (Å²) in [5.74, 6) is -9.82. The van der Waals surface area contributed by atoms with Crippen LogP contribution >= 0.6 is 23.2 Å². The number of hydrogen-bond acceptors (Lipinski definition) is 8. The van der Waals surface area contributed by atoms with Gasteiger partial charge in [0.15, 0.2) is 9.75 Å². The molecule has 1 N–H and O–H groups in total. The van der Waals surface area contributed by atoms with Crippen LogP contribution in [0.1, 0.15) is 24.3 Å². The lowest BCUT2D eigenvalue weighted by Crippen LogP contribution is -2.60. The molecular weight excluding hydrogens is 572 g/mol. The second-order valence-electron chi connectivity index (χ2n) is 9.75. The number of rotatable bonds is 2. The Morgan fingerprint density at radius 2 is 1.77 bits per heavy atom. The molecule has 2 saturated heterocycles. The van der Waals surface area contributed by atoms with Crippen molar-refractivity contribution in [3.63, 3.8) is 0 Å². The van der Waals surface area contributed by atoms with Gasteiger partial charge in [-0.1, -0.05) is 11.6 Å². The second-order valence-corrected chi connectivity index (χ2v) is 11.0. The Hall–Kier alpha value is -3.32. The maximum atomic E-state index is 13.5. The largest absolute Gasteiger partial charge is 0.573 e. The minimum absolute atomic E-state index is 0.106. The molecule has 1 aromatic rings. The third-order valence-electron chi connectivity index (χ3n) is 7.92. The molecule has 2 aliphatic heterocycles. The van der Waals surface area contributed by atoms with Crippen LogP contribution in [0.4, 0.5) is 18.0 Å². The van der Waals surface area contributed by atoms with Crippen molar-refractivity contribution < 1.29 is 51.7 Å². The molecule has 6 unspecified atom stereocenters. The first-order valence-corrected chi connectivity index (χ1v) is 12.3. The van der Waals surface area contributed by atoms with Gasteiger partial charge < -0.3 is 14.6 Å². The third kappa shape index (κ3) is 3.58. The molecule has 0 spiro atoms. The summed E-state index contributed by atoms with van der Waals surface area (Å²) in [4.78, 5) is 61.8. The predicted molar refractivity (Wildman–Crippen MR) is 125 cm³/mol. The van der Waals surface area contributed by atoms with Gasteiger partial charge in [-0.15, -0.1) is 36.4 Å². The molecule has 5 rings (SSSR count). The van der Waals surface area contributed by atoms with Gasteiger partial charge in [-0.3, -0.25) is 24.1 Å². The van der Waals surface area contributed by atoms with E-state index >= 15 is 0 Å². The van der Waals surface area contributed by atoms with E-state index in [1.165, 1.54) is 6.08 Å². The number of alkyl halides is 5. The zero-order valence-electron chi connectivity index (χ0n) is 20.1. The number of carbonyl (C=O) groups is 5. The summed E-state index contributed by atoms with van der Waals surface area (Å²) in [6, 6.07) is 2.56. The summed E-state index contributed by atoms with van der Waals surface area (Å²) >= 11 is 13.8. The van der Waals surface area contributed by atoms with Crippen LogP contribution in [0.5, 0.6) is 11.5 Å². The zero-order chi connectivity index (χ0) is 28.8. The number of imide groups is 4. The van der Waals surface area contributed by atoms with E-state index in [1.807, 2.05) is 0 Å². The number of phenolic OH excluding ortho intramolecular Hbond substituents is 1. The molecular formula is C24H19Cl2F3N2O8. The number of benzene rings is 1. The number of aromatic hydroxyl groups is 1. The van der Waals surface area contributed by atoms with Gasteiger partial charge >= 0.3 is 12.5 Å². The Labute approximate surface area is 228 Å². The van der Waals surface area contributed by atoms with E-state index in [9.17, 15) is 42.3 Å². The van der Waals surface area contributed by atoms with Gasteiger partial charge in [0.1, 0.15) is 11.5 Å². The topological polar surface area (TPSA) is 131 Å². The van der Waals surface area contributed by atoms with Crippen molar-refractivity contribution in [1.82, 2.24) is 9.80 Å². The molecule has 15 heteroatoms. The summed E-state index contributed by atoms with van der Waals surface area (Å²) in [6.45, 7) is 0.